The number of methoxy groups -OCH3 is 1. The van der Waals surface area contributed by atoms with Gasteiger partial charge in [-0.25, -0.2) is 9.79 Å². The number of hydrogen-bond acceptors (Lipinski definition) is 4. The maximum Gasteiger partial charge on any atom is 0.363 e. The van der Waals surface area contributed by atoms with Gasteiger partial charge in [0.15, 0.2) is 5.70 Å². The van der Waals surface area contributed by atoms with Crippen molar-refractivity contribution in [3.63, 3.8) is 0 Å². The number of carbonyl (C=O) groups excluding carboxylic acids is 1. The monoisotopic (exact) mass is 335 g/mol. The second-order valence-electron chi connectivity index (χ2n) is 5.91. The SMILES string of the molecule is CCCCc1ccc(C2=N/C(=C\c3cccc(OC)c3)C(=O)O2)cc1. The van der Waals surface area contributed by atoms with Crippen molar-refractivity contribution in [1.29, 1.82) is 0 Å². The summed E-state index contributed by atoms with van der Waals surface area (Å²) < 4.78 is 10.5. The van der Waals surface area contributed by atoms with Crippen molar-refractivity contribution in [3.05, 3.63) is 70.9 Å². The van der Waals surface area contributed by atoms with Gasteiger partial charge in [0.25, 0.3) is 0 Å². The van der Waals surface area contributed by atoms with E-state index in [-0.39, 0.29) is 0 Å². The van der Waals surface area contributed by atoms with Crippen LogP contribution >= 0.6 is 0 Å². The molecule has 4 nitrogen and oxygen atoms in total. The molecule has 0 bridgehead atoms. The summed E-state index contributed by atoms with van der Waals surface area (Å²) in [5, 5.41) is 0. The van der Waals surface area contributed by atoms with Crippen LogP contribution in [0.1, 0.15) is 36.5 Å². The summed E-state index contributed by atoms with van der Waals surface area (Å²) >= 11 is 0. The van der Waals surface area contributed by atoms with Crippen LogP contribution in [-0.4, -0.2) is 19.0 Å². The topological polar surface area (TPSA) is 47.9 Å². The van der Waals surface area contributed by atoms with Crippen molar-refractivity contribution < 1.29 is 14.3 Å². The Morgan fingerprint density at radius 3 is 2.68 bits per heavy atom. The fourth-order valence-electron chi connectivity index (χ4n) is 2.62. The zero-order valence-corrected chi connectivity index (χ0v) is 14.5. The highest BCUT2D eigenvalue weighted by molar-refractivity contribution is 6.12. The number of unbranched alkanes of at least 4 members (excludes halogenated alkanes) is 1. The van der Waals surface area contributed by atoms with Crippen LogP contribution in [0.5, 0.6) is 5.75 Å². The highest BCUT2D eigenvalue weighted by Gasteiger charge is 2.24. The van der Waals surface area contributed by atoms with Crippen molar-refractivity contribution in [3.8, 4) is 5.75 Å². The zero-order valence-electron chi connectivity index (χ0n) is 14.5. The molecule has 128 valence electrons. The standard InChI is InChI=1S/C21H21NO3/c1-3-4-6-15-9-11-17(12-10-15)20-22-19(21(23)25-20)14-16-7-5-8-18(13-16)24-2/h5,7-14H,3-4,6H2,1-2H3/b19-14-. The van der Waals surface area contributed by atoms with Crippen molar-refractivity contribution in [2.24, 2.45) is 4.99 Å². The Hall–Kier alpha value is -2.88. The summed E-state index contributed by atoms with van der Waals surface area (Å²) in [7, 11) is 1.61. The molecule has 0 radical (unpaired) electrons. The van der Waals surface area contributed by atoms with Crippen LogP contribution in [0.3, 0.4) is 0 Å². The molecule has 0 fully saturated rings. The molecular weight excluding hydrogens is 314 g/mol. The number of cyclic esters (lactones) is 1. The van der Waals surface area contributed by atoms with E-state index in [0.717, 1.165) is 23.3 Å². The van der Waals surface area contributed by atoms with Gasteiger partial charge < -0.3 is 9.47 Å². The van der Waals surface area contributed by atoms with Crippen LogP contribution in [0, 0.1) is 0 Å². The molecule has 0 spiro atoms. The molecule has 0 aromatic heterocycles. The smallest absolute Gasteiger partial charge is 0.363 e. The van der Waals surface area contributed by atoms with Crippen LogP contribution in [0.2, 0.25) is 0 Å². The molecule has 0 saturated carbocycles. The first-order valence-electron chi connectivity index (χ1n) is 8.45. The largest absolute Gasteiger partial charge is 0.497 e. The van der Waals surface area contributed by atoms with E-state index in [9.17, 15) is 4.79 Å². The number of aryl methyl sites for hydroxylation is 1. The lowest BCUT2D eigenvalue weighted by atomic mass is 10.1. The third-order valence-corrected chi connectivity index (χ3v) is 4.04. The van der Waals surface area contributed by atoms with Gasteiger partial charge in [-0.05, 0) is 54.3 Å². The summed E-state index contributed by atoms with van der Waals surface area (Å²) in [6.45, 7) is 2.18. The van der Waals surface area contributed by atoms with Gasteiger partial charge in [0.05, 0.1) is 7.11 Å². The van der Waals surface area contributed by atoms with Gasteiger partial charge in [-0.1, -0.05) is 37.6 Å². The number of hydrogen-bond donors (Lipinski definition) is 0. The molecule has 1 aliphatic heterocycles. The molecule has 25 heavy (non-hydrogen) atoms. The van der Waals surface area contributed by atoms with Gasteiger partial charge in [-0.15, -0.1) is 0 Å². The molecule has 2 aromatic rings. The molecular formula is C21H21NO3. The first kappa shape index (κ1) is 17.0. The molecule has 3 rings (SSSR count). The molecule has 1 aliphatic rings. The maximum absolute atomic E-state index is 12.1. The van der Waals surface area contributed by atoms with Crippen LogP contribution in [0.15, 0.2) is 59.2 Å². The van der Waals surface area contributed by atoms with Gasteiger partial charge in [0, 0.05) is 5.56 Å². The first-order chi connectivity index (χ1) is 12.2. The number of rotatable bonds is 6. The minimum absolute atomic E-state index is 0.290. The molecule has 1 heterocycles. The maximum atomic E-state index is 12.1. The predicted octanol–water partition coefficient (Wildman–Crippen LogP) is 4.38. The van der Waals surface area contributed by atoms with E-state index in [1.165, 1.54) is 18.4 Å². The van der Waals surface area contributed by atoms with Crippen molar-refractivity contribution >= 4 is 17.9 Å². The quantitative estimate of drug-likeness (QED) is 0.581. The second kappa shape index (κ2) is 7.79. The van der Waals surface area contributed by atoms with E-state index in [1.54, 1.807) is 13.2 Å². The van der Waals surface area contributed by atoms with E-state index >= 15 is 0 Å². The number of aliphatic imine (C=N–C) groups is 1. The number of benzene rings is 2. The first-order valence-corrected chi connectivity index (χ1v) is 8.45. The Bertz CT molecular complexity index is 819. The molecule has 0 aliphatic carbocycles. The summed E-state index contributed by atoms with van der Waals surface area (Å²) in [5.74, 6) is 0.640. The number of carbonyl (C=O) groups is 1. The number of ether oxygens (including phenoxy) is 2. The summed E-state index contributed by atoms with van der Waals surface area (Å²) in [4.78, 5) is 16.4. The van der Waals surface area contributed by atoms with Crippen LogP contribution in [0.4, 0.5) is 0 Å². The molecule has 4 heteroatoms. The third kappa shape index (κ3) is 4.15. The zero-order chi connectivity index (χ0) is 17.6. The van der Waals surface area contributed by atoms with Crippen molar-refractivity contribution in [1.82, 2.24) is 0 Å². The Morgan fingerprint density at radius 2 is 1.96 bits per heavy atom. The van der Waals surface area contributed by atoms with Gasteiger partial charge in [0.1, 0.15) is 5.75 Å². The molecule has 2 aromatic carbocycles. The summed E-state index contributed by atoms with van der Waals surface area (Å²) in [6, 6.07) is 15.5. The molecule has 0 N–H and O–H groups in total. The molecule has 0 unspecified atom stereocenters. The van der Waals surface area contributed by atoms with Crippen LogP contribution < -0.4 is 4.74 Å². The lowest BCUT2D eigenvalue weighted by Gasteiger charge is -2.02. The Kier molecular flexibility index (Phi) is 5.29. The summed E-state index contributed by atoms with van der Waals surface area (Å²) in [5.41, 5.74) is 3.22. The lowest BCUT2D eigenvalue weighted by Crippen LogP contribution is -2.05. The summed E-state index contributed by atoms with van der Waals surface area (Å²) in [6.07, 6.45) is 5.10. The normalized spacial score (nSPS) is 15.2. The van der Waals surface area contributed by atoms with Crippen LogP contribution in [-0.2, 0) is 16.0 Å². The molecule has 0 amide bonds. The predicted molar refractivity (Wildman–Crippen MR) is 98.7 cm³/mol. The second-order valence-corrected chi connectivity index (χ2v) is 5.91. The highest BCUT2D eigenvalue weighted by atomic mass is 16.6. The van der Waals surface area contributed by atoms with E-state index in [1.807, 2.05) is 36.4 Å². The average Bonchev–Trinajstić information content (AvgIpc) is 3.01. The average molecular weight is 335 g/mol. The van der Waals surface area contributed by atoms with Gasteiger partial charge in [-0.2, -0.15) is 0 Å². The number of esters is 1. The Balaban J connectivity index is 1.80. The molecule has 0 saturated heterocycles. The Labute approximate surface area is 147 Å². The fraction of sp³-hybridized carbons (Fsp3) is 0.238. The van der Waals surface area contributed by atoms with Crippen molar-refractivity contribution in [2.75, 3.05) is 7.11 Å². The molecule has 0 atom stereocenters. The van der Waals surface area contributed by atoms with Crippen molar-refractivity contribution in [2.45, 2.75) is 26.2 Å². The Morgan fingerprint density at radius 1 is 1.16 bits per heavy atom. The van der Waals surface area contributed by atoms with E-state index < -0.39 is 5.97 Å². The van der Waals surface area contributed by atoms with E-state index in [0.29, 0.717) is 11.6 Å². The van der Waals surface area contributed by atoms with Crippen LogP contribution in [0.25, 0.3) is 6.08 Å². The van der Waals surface area contributed by atoms with E-state index in [2.05, 4.69) is 24.0 Å². The fourth-order valence-corrected chi connectivity index (χ4v) is 2.62. The highest BCUT2D eigenvalue weighted by Crippen LogP contribution is 2.21. The minimum Gasteiger partial charge on any atom is -0.497 e. The minimum atomic E-state index is -0.437. The number of nitrogens with zero attached hydrogens (tertiary/aromatic N) is 1. The lowest BCUT2D eigenvalue weighted by molar-refractivity contribution is -0.129. The van der Waals surface area contributed by atoms with Gasteiger partial charge >= 0.3 is 5.97 Å². The van der Waals surface area contributed by atoms with Gasteiger partial charge in [0.2, 0.25) is 5.90 Å². The van der Waals surface area contributed by atoms with E-state index in [4.69, 9.17) is 9.47 Å². The van der Waals surface area contributed by atoms with Gasteiger partial charge in [-0.3, -0.25) is 0 Å². The third-order valence-electron chi connectivity index (χ3n) is 4.04.